The van der Waals surface area contributed by atoms with Crippen LogP contribution in [0.4, 0.5) is 0 Å². The number of pyridine rings is 1. The highest BCUT2D eigenvalue weighted by molar-refractivity contribution is 7.80. The zero-order valence-electron chi connectivity index (χ0n) is 30.0. The number of nitrogens with zero attached hydrogens (tertiary/aromatic N) is 1. The van der Waals surface area contributed by atoms with Crippen LogP contribution in [-0.4, -0.2) is 58.9 Å². The molecule has 4 aromatic rings. The first kappa shape index (κ1) is 37.9. The molecule has 280 valence electrons. The van der Waals surface area contributed by atoms with E-state index in [1.54, 1.807) is 54.7 Å². The molecule has 0 saturated heterocycles. The van der Waals surface area contributed by atoms with Gasteiger partial charge in [-0.05, 0) is 116 Å². The molecule has 6 aliphatic rings. The Bertz CT molecular complexity index is 1780. The van der Waals surface area contributed by atoms with E-state index >= 15 is 0 Å². The second-order valence-corrected chi connectivity index (χ2v) is 13.9. The summed E-state index contributed by atoms with van der Waals surface area (Å²) in [5.74, 6) is -0.442. The number of hydrogen-bond donors (Lipinski definition) is 6. The Morgan fingerprint density at radius 2 is 1.04 bits per heavy atom. The Hall–Kier alpha value is -5.82. The Morgan fingerprint density at radius 1 is 0.556 bits per heavy atom. The molecule has 54 heavy (non-hydrogen) atoms. The molecule has 12 nitrogen and oxygen atoms in total. The van der Waals surface area contributed by atoms with Gasteiger partial charge in [0.2, 0.25) is 17.7 Å². The Morgan fingerprint density at radius 3 is 1.57 bits per heavy atom. The summed E-state index contributed by atoms with van der Waals surface area (Å²) in [6, 6.07) is 23.9. The summed E-state index contributed by atoms with van der Waals surface area (Å²) in [5, 5.41) is 18.8. The minimum Gasteiger partial charge on any atom is -0.439 e. The van der Waals surface area contributed by atoms with Crippen molar-refractivity contribution in [1.29, 1.82) is 0 Å². The molecule has 2 atom stereocenters. The fourth-order valence-corrected chi connectivity index (χ4v) is 6.42. The number of nitrogens with one attached hydrogen (secondary N) is 6. The standard InChI is InChI=1S/C41H45N7O5S/c49-37-31-14-11-28(12-15-31)23-27-7-9-29(10-8-27)24-45-39(51)34-5-1-3-21-42-41(54)43-22-4-2-6-35(47-37)40(52)46-26-30-13-20-36(44-25-30)53-33-18-16-32(17-19-33)38(50)48-34/h7-20,25,34-35H,1-6,21-24,26H2,(H,45,51)(H,46,52)(H,47,49)(H,48,50)(H2,42,43,54). The third-order valence-electron chi connectivity index (χ3n) is 9.37. The maximum Gasteiger partial charge on any atom is 0.251 e. The van der Waals surface area contributed by atoms with E-state index in [9.17, 15) is 19.2 Å². The quantitative estimate of drug-likeness (QED) is 0.143. The molecule has 10 rings (SSSR count). The van der Waals surface area contributed by atoms with Crippen LogP contribution < -0.4 is 36.6 Å². The van der Waals surface area contributed by atoms with Crippen molar-refractivity contribution in [2.45, 2.75) is 70.1 Å². The SMILES string of the molecule is O=C1NC2CCCCNC(=S)NCCCCC(NC(=O)c3ccc(cc3)Cc3ccc(cc3)CNC2=O)C(=O)NCc2ccc(nc2)Oc2ccc1cc2. The highest BCUT2D eigenvalue weighted by Crippen LogP contribution is 2.21. The predicted octanol–water partition coefficient (Wildman–Crippen LogP) is 4.43. The lowest BCUT2D eigenvalue weighted by atomic mass is 10.0. The first-order chi connectivity index (χ1) is 26.3. The van der Waals surface area contributed by atoms with Crippen molar-refractivity contribution >= 4 is 41.0 Å². The van der Waals surface area contributed by atoms with E-state index in [1.165, 1.54) is 0 Å². The van der Waals surface area contributed by atoms with Crippen LogP contribution in [0.3, 0.4) is 0 Å². The number of ether oxygens (including phenoxy) is 1. The van der Waals surface area contributed by atoms with Crippen LogP contribution in [0.15, 0.2) is 91.1 Å². The van der Waals surface area contributed by atoms with Crippen LogP contribution in [0, 0.1) is 0 Å². The second-order valence-electron chi connectivity index (χ2n) is 13.5. The van der Waals surface area contributed by atoms with E-state index in [4.69, 9.17) is 17.0 Å². The fraction of sp³-hybridized carbons (Fsp3) is 0.317. The zero-order chi connectivity index (χ0) is 37.7. The predicted molar refractivity (Wildman–Crippen MR) is 209 cm³/mol. The summed E-state index contributed by atoms with van der Waals surface area (Å²) in [6.07, 6.45) is 5.91. The summed E-state index contributed by atoms with van der Waals surface area (Å²) < 4.78 is 5.90. The smallest absolute Gasteiger partial charge is 0.251 e. The lowest BCUT2D eigenvalue weighted by Crippen LogP contribution is -2.46. The highest BCUT2D eigenvalue weighted by Gasteiger charge is 2.23. The van der Waals surface area contributed by atoms with E-state index in [1.807, 2.05) is 36.4 Å². The molecule has 0 saturated carbocycles. The van der Waals surface area contributed by atoms with E-state index in [2.05, 4.69) is 36.9 Å². The number of rotatable bonds is 0. The van der Waals surface area contributed by atoms with Gasteiger partial charge in [0, 0.05) is 49.6 Å². The maximum absolute atomic E-state index is 13.5. The van der Waals surface area contributed by atoms with Crippen LogP contribution in [-0.2, 0) is 29.1 Å². The van der Waals surface area contributed by atoms with Gasteiger partial charge in [-0.15, -0.1) is 0 Å². The minimum atomic E-state index is -0.754. The van der Waals surface area contributed by atoms with Gasteiger partial charge >= 0.3 is 0 Å². The minimum absolute atomic E-state index is 0.207. The van der Waals surface area contributed by atoms with Gasteiger partial charge in [0.1, 0.15) is 17.8 Å². The summed E-state index contributed by atoms with van der Waals surface area (Å²) >= 11 is 5.47. The van der Waals surface area contributed by atoms with Crippen molar-refractivity contribution in [2.75, 3.05) is 13.1 Å². The molecule has 13 heteroatoms. The molecular formula is C41H45N7O5S. The lowest BCUT2D eigenvalue weighted by molar-refractivity contribution is -0.124. The van der Waals surface area contributed by atoms with Crippen LogP contribution in [0.2, 0.25) is 0 Å². The Balaban J connectivity index is 1.29. The van der Waals surface area contributed by atoms with Crippen molar-refractivity contribution in [3.8, 4) is 11.6 Å². The van der Waals surface area contributed by atoms with Gasteiger partial charge in [0.25, 0.3) is 11.8 Å². The topological polar surface area (TPSA) is 163 Å². The molecule has 0 aliphatic carbocycles. The molecule has 0 spiro atoms. The van der Waals surface area contributed by atoms with Crippen LogP contribution in [0.25, 0.3) is 0 Å². The van der Waals surface area contributed by atoms with E-state index in [0.29, 0.717) is 79.6 Å². The lowest BCUT2D eigenvalue weighted by Gasteiger charge is -2.19. The molecule has 1 aromatic heterocycles. The molecule has 6 N–H and O–H groups in total. The monoisotopic (exact) mass is 747 g/mol. The summed E-state index contributed by atoms with van der Waals surface area (Å²) in [6.45, 7) is 1.69. The van der Waals surface area contributed by atoms with Gasteiger partial charge < -0.3 is 36.6 Å². The molecule has 4 amide bonds. The van der Waals surface area contributed by atoms with E-state index < -0.39 is 12.1 Å². The third kappa shape index (κ3) is 11.1. The molecule has 10 bridgehead atoms. The number of benzene rings is 3. The summed E-state index contributed by atoms with van der Waals surface area (Å²) in [7, 11) is 0. The summed E-state index contributed by atoms with van der Waals surface area (Å²) in [4.78, 5) is 58.2. The fourth-order valence-electron chi connectivity index (χ4n) is 6.21. The molecule has 0 fully saturated rings. The second kappa shape index (κ2) is 18.8. The molecular weight excluding hydrogens is 703 g/mol. The van der Waals surface area contributed by atoms with Gasteiger partial charge in [-0.3, -0.25) is 19.2 Å². The largest absolute Gasteiger partial charge is 0.439 e. The van der Waals surface area contributed by atoms with Crippen molar-refractivity contribution in [2.24, 2.45) is 0 Å². The van der Waals surface area contributed by atoms with Crippen LogP contribution in [0.5, 0.6) is 11.6 Å². The Kier molecular flexibility index (Phi) is 13.2. The van der Waals surface area contributed by atoms with Crippen molar-refractivity contribution in [3.05, 3.63) is 125 Å². The Labute approximate surface area is 320 Å². The number of carbonyl (C=O) groups excluding carboxylic acids is 4. The third-order valence-corrected chi connectivity index (χ3v) is 9.66. The zero-order valence-corrected chi connectivity index (χ0v) is 30.8. The van der Waals surface area contributed by atoms with E-state index in [0.717, 1.165) is 35.1 Å². The molecule has 0 radical (unpaired) electrons. The summed E-state index contributed by atoms with van der Waals surface area (Å²) in [5.41, 5.74) is 4.61. The first-order valence-corrected chi connectivity index (χ1v) is 18.8. The van der Waals surface area contributed by atoms with Crippen LogP contribution >= 0.6 is 12.2 Å². The number of amides is 4. The average molecular weight is 748 g/mol. The van der Waals surface area contributed by atoms with Crippen molar-refractivity contribution in [1.82, 2.24) is 36.9 Å². The highest BCUT2D eigenvalue weighted by atomic mass is 32.1. The van der Waals surface area contributed by atoms with Gasteiger partial charge in [0.15, 0.2) is 5.11 Å². The molecule has 6 aliphatic heterocycles. The van der Waals surface area contributed by atoms with Gasteiger partial charge in [-0.2, -0.15) is 0 Å². The van der Waals surface area contributed by atoms with Gasteiger partial charge in [0.05, 0.1) is 0 Å². The van der Waals surface area contributed by atoms with Gasteiger partial charge in [-0.1, -0.05) is 42.5 Å². The van der Waals surface area contributed by atoms with E-state index in [-0.39, 0.29) is 30.2 Å². The normalized spacial score (nSPS) is 19.5. The molecule has 7 heterocycles. The maximum atomic E-state index is 13.5. The number of hydrogen-bond acceptors (Lipinski definition) is 7. The van der Waals surface area contributed by atoms with Crippen molar-refractivity contribution < 1.29 is 23.9 Å². The number of thiocarbonyl (C=S) groups is 1. The van der Waals surface area contributed by atoms with Gasteiger partial charge in [-0.25, -0.2) is 4.98 Å². The number of fused-ring (bicyclic) bond motifs is 4. The number of carbonyl (C=O) groups is 4. The van der Waals surface area contributed by atoms with Crippen molar-refractivity contribution in [3.63, 3.8) is 0 Å². The molecule has 3 aromatic carbocycles. The molecule has 2 unspecified atom stereocenters. The number of aromatic nitrogens is 1. The first-order valence-electron chi connectivity index (χ1n) is 18.4. The van der Waals surface area contributed by atoms with Crippen LogP contribution in [0.1, 0.15) is 81.5 Å². The average Bonchev–Trinajstić information content (AvgIpc) is 3.18.